The number of anilines is 1. The van der Waals surface area contributed by atoms with Crippen LogP contribution < -0.4 is 4.72 Å². The topological polar surface area (TPSA) is 63.2 Å². The first-order valence-corrected chi connectivity index (χ1v) is 10.7. The van der Waals surface area contributed by atoms with Gasteiger partial charge in [0.25, 0.3) is 10.0 Å². The number of halogens is 3. The summed E-state index contributed by atoms with van der Waals surface area (Å²) in [5.74, 6) is -0.296. The summed E-state index contributed by atoms with van der Waals surface area (Å²) in [5, 5.41) is 0.368. The predicted octanol–water partition coefficient (Wildman–Crippen LogP) is 5.79. The third-order valence-electron chi connectivity index (χ3n) is 3.71. The van der Waals surface area contributed by atoms with E-state index in [4.69, 9.17) is 23.2 Å². The summed E-state index contributed by atoms with van der Waals surface area (Å²) < 4.78 is 28.6. The number of carbonyl (C=O) groups is 1. The molecule has 0 aliphatic carbocycles. The van der Waals surface area contributed by atoms with Crippen LogP contribution in [0, 0.1) is 0 Å². The minimum atomic E-state index is -3.97. The van der Waals surface area contributed by atoms with Gasteiger partial charge in [0.05, 0.1) is 20.6 Å². The lowest BCUT2D eigenvalue weighted by molar-refractivity contribution is 0.103. The van der Waals surface area contributed by atoms with E-state index in [1.54, 1.807) is 42.5 Å². The Morgan fingerprint density at radius 3 is 2.26 bits per heavy atom. The molecule has 0 radical (unpaired) electrons. The van der Waals surface area contributed by atoms with E-state index >= 15 is 0 Å². The molecule has 138 valence electrons. The van der Waals surface area contributed by atoms with Gasteiger partial charge < -0.3 is 0 Å². The molecule has 0 saturated carbocycles. The highest BCUT2D eigenvalue weighted by atomic mass is 79.9. The second kappa shape index (κ2) is 8.02. The smallest absolute Gasteiger partial charge is 0.261 e. The number of carbonyl (C=O) groups excluding carboxylic acids is 1. The Hall–Kier alpha value is -1.86. The van der Waals surface area contributed by atoms with Crippen LogP contribution in [0.4, 0.5) is 5.69 Å². The van der Waals surface area contributed by atoms with Crippen LogP contribution in [0.3, 0.4) is 0 Å². The molecule has 0 bridgehead atoms. The molecule has 0 amide bonds. The second-order valence-electron chi connectivity index (χ2n) is 5.57. The molecule has 0 unspecified atom stereocenters. The Bertz CT molecular complexity index is 1120. The average Bonchev–Trinajstić information content (AvgIpc) is 2.64. The minimum Gasteiger partial charge on any atom is -0.289 e. The van der Waals surface area contributed by atoms with Crippen molar-refractivity contribution in [1.82, 2.24) is 0 Å². The molecule has 0 fully saturated rings. The third kappa shape index (κ3) is 4.52. The van der Waals surface area contributed by atoms with Crippen LogP contribution in [0.1, 0.15) is 15.9 Å². The van der Waals surface area contributed by atoms with Gasteiger partial charge in [0.2, 0.25) is 0 Å². The second-order valence-corrected chi connectivity index (χ2v) is 8.98. The fourth-order valence-electron chi connectivity index (χ4n) is 2.39. The van der Waals surface area contributed by atoms with E-state index < -0.39 is 10.0 Å². The van der Waals surface area contributed by atoms with E-state index in [1.807, 2.05) is 0 Å². The zero-order valence-electron chi connectivity index (χ0n) is 13.6. The summed E-state index contributed by atoms with van der Waals surface area (Å²) in [6.07, 6.45) is 0. The van der Waals surface area contributed by atoms with Gasteiger partial charge in [0.1, 0.15) is 0 Å². The number of nitrogens with one attached hydrogen (secondary N) is 1. The maximum absolute atomic E-state index is 12.8. The first-order valence-electron chi connectivity index (χ1n) is 7.65. The lowest BCUT2D eigenvalue weighted by atomic mass is 10.0. The normalized spacial score (nSPS) is 11.2. The largest absolute Gasteiger partial charge is 0.289 e. The van der Waals surface area contributed by atoms with Crippen molar-refractivity contribution in [3.05, 3.63) is 92.4 Å². The molecule has 0 spiro atoms. The highest BCUT2D eigenvalue weighted by molar-refractivity contribution is 9.10. The first-order chi connectivity index (χ1) is 12.8. The lowest BCUT2D eigenvalue weighted by Gasteiger charge is -2.13. The number of ketones is 1. The van der Waals surface area contributed by atoms with Gasteiger partial charge in [-0.15, -0.1) is 0 Å². The quantitative estimate of drug-likeness (QED) is 0.466. The van der Waals surface area contributed by atoms with Crippen molar-refractivity contribution in [2.45, 2.75) is 4.90 Å². The summed E-state index contributed by atoms with van der Waals surface area (Å²) in [4.78, 5) is 12.8. The fourth-order valence-corrected chi connectivity index (χ4v) is 4.21. The van der Waals surface area contributed by atoms with E-state index in [0.29, 0.717) is 10.0 Å². The Morgan fingerprint density at radius 1 is 0.889 bits per heavy atom. The summed E-state index contributed by atoms with van der Waals surface area (Å²) in [6.45, 7) is 0. The molecule has 3 aromatic carbocycles. The van der Waals surface area contributed by atoms with Crippen LogP contribution in [0.15, 0.2) is 76.1 Å². The Kier molecular flexibility index (Phi) is 5.91. The first kappa shape index (κ1) is 19.9. The van der Waals surface area contributed by atoms with E-state index in [1.165, 1.54) is 24.3 Å². The predicted molar refractivity (Wildman–Crippen MR) is 111 cm³/mol. The Labute approximate surface area is 175 Å². The molecule has 0 aromatic heterocycles. The molecule has 0 saturated heterocycles. The summed E-state index contributed by atoms with van der Waals surface area (Å²) >= 11 is 15.1. The molecule has 4 nitrogen and oxygen atoms in total. The van der Waals surface area contributed by atoms with Crippen molar-refractivity contribution in [3.63, 3.8) is 0 Å². The minimum absolute atomic E-state index is 0.0602. The zero-order valence-corrected chi connectivity index (χ0v) is 17.5. The highest BCUT2D eigenvalue weighted by Gasteiger charge is 2.20. The number of hydrogen-bond acceptors (Lipinski definition) is 3. The van der Waals surface area contributed by atoms with Crippen LogP contribution in [-0.2, 0) is 10.0 Å². The monoisotopic (exact) mass is 483 g/mol. The van der Waals surface area contributed by atoms with Crippen molar-refractivity contribution in [2.24, 2.45) is 0 Å². The highest BCUT2D eigenvalue weighted by Crippen LogP contribution is 2.29. The molecular formula is C19H12BrCl2NO3S. The third-order valence-corrected chi connectivity index (χ3v) is 6.30. The molecule has 1 N–H and O–H groups in total. The van der Waals surface area contributed by atoms with E-state index in [0.717, 1.165) is 0 Å². The maximum atomic E-state index is 12.8. The van der Waals surface area contributed by atoms with Gasteiger partial charge in [-0.2, -0.15) is 0 Å². The molecule has 27 heavy (non-hydrogen) atoms. The number of rotatable bonds is 5. The van der Waals surface area contributed by atoms with E-state index in [9.17, 15) is 13.2 Å². The average molecular weight is 485 g/mol. The maximum Gasteiger partial charge on any atom is 0.261 e. The summed E-state index contributed by atoms with van der Waals surface area (Å²) in [5.41, 5.74) is 0.840. The van der Waals surface area contributed by atoms with Crippen molar-refractivity contribution in [1.29, 1.82) is 0 Å². The SMILES string of the molecule is O=C(c1ccccc1)c1ccc(Br)cc1NS(=O)(=O)c1ccc(Cl)c(Cl)c1. The molecule has 0 aliphatic rings. The van der Waals surface area contributed by atoms with Crippen molar-refractivity contribution in [3.8, 4) is 0 Å². The van der Waals surface area contributed by atoms with Crippen LogP contribution in [0.25, 0.3) is 0 Å². The summed E-state index contributed by atoms with van der Waals surface area (Å²) in [6, 6.07) is 17.4. The van der Waals surface area contributed by atoms with Gasteiger partial charge in [-0.05, 0) is 36.4 Å². The zero-order chi connectivity index (χ0) is 19.6. The molecule has 0 heterocycles. The van der Waals surface area contributed by atoms with E-state index in [-0.39, 0.29) is 32.0 Å². The van der Waals surface area contributed by atoms with Crippen molar-refractivity contribution < 1.29 is 13.2 Å². The fraction of sp³-hybridized carbons (Fsp3) is 0. The van der Waals surface area contributed by atoms with Gasteiger partial charge in [0.15, 0.2) is 5.78 Å². The number of hydrogen-bond donors (Lipinski definition) is 1. The molecule has 0 atom stereocenters. The molecule has 3 aromatic rings. The van der Waals surface area contributed by atoms with Gasteiger partial charge in [0, 0.05) is 15.6 Å². The molecular weight excluding hydrogens is 473 g/mol. The summed E-state index contributed by atoms with van der Waals surface area (Å²) in [7, 11) is -3.97. The number of sulfonamides is 1. The van der Waals surface area contributed by atoms with Gasteiger partial charge >= 0.3 is 0 Å². The molecule has 0 aliphatic heterocycles. The van der Waals surface area contributed by atoms with Crippen molar-refractivity contribution >= 4 is 60.6 Å². The Balaban J connectivity index is 2.02. The number of benzene rings is 3. The van der Waals surface area contributed by atoms with Crippen LogP contribution in [-0.4, -0.2) is 14.2 Å². The van der Waals surface area contributed by atoms with E-state index in [2.05, 4.69) is 20.7 Å². The Morgan fingerprint density at radius 2 is 1.59 bits per heavy atom. The molecule has 3 rings (SSSR count). The molecule has 8 heteroatoms. The van der Waals surface area contributed by atoms with Gasteiger partial charge in [-0.1, -0.05) is 69.5 Å². The van der Waals surface area contributed by atoms with Crippen LogP contribution >= 0.6 is 39.1 Å². The van der Waals surface area contributed by atoms with Crippen LogP contribution in [0.2, 0.25) is 10.0 Å². The van der Waals surface area contributed by atoms with Gasteiger partial charge in [-0.3, -0.25) is 9.52 Å². The van der Waals surface area contributed by atoms with Crippen LogP contribution in [0.5, 0.6) is 0 Å². The lowest BCUT2D eigenvalue weighted by Crippen LogP contribution is -2.16. The standard InChI is InChI=1S/C19H12BrCl2NO3S/c20-13-6-8-15(19(24)12-4-2-1-3-5-12)18(10-13)23-27(25,26)14-7-9-16(21)17(22)11-14/h1-11,23H. The van der Waals surface area contributed by atoms with Gasteiger partial charge in [-0.25, -0.2) is 8.42 Å². The van der Waals surface area contributed by atoms with Crippen molar-refractivity contribution in [2.75, 3.05) is 4.72 Å².